The summed E-state index contributed by atoms with van der Waals surface area (Å²) in [5, 5.41) is 18.4. The number of rotatable bonds is 9. The molecule has 21 heavy (non-hydrogen) atoms. The average molecular weight is 291 g/mol. The molecule has 114 valence electrons. The molecule has 0 aliphatic carbocycles. The maximum Gasteiger partial charge on any atom is 0.306 e. The van der Waals surface area contributed by atoms with Crippen molar-refractivity contribution < 1.29 is 19.4 Å². The van der Waals surface area contributed by atoms with Crippen molar-refractivity contribution in [3.63, 3.8) is 0 Å². The third-order valence-corrected chi connectivity index (χ3v) is 2.93. The Hall–Kier alpha value is -2.22. The summed E-state index contributed by atoms with van der Waals surface area (Å²) in [5.74, 6) is 0.408. The SMILES string of the molecule is CCOC(=O)CCc1c(O)cccc1OCCCCC#N. The maximum absolute atomic E-state index is 11.4. The zero-order chi connectivity index (χ0) is 15.5. The molecule has 0 aromatic heterocycles. The third kappa shape index (κ3) is 6.17. The van der Waals surface area contributed by atoms with Gasteiger partial charge >= 0.3 is 5.97 Å². The van der Waals surface area contributed by atoms with Crippen LogP contribution in [0.3, 0.4) is 0 Å². The Morgan fingerprint density at radius 3 is 2.90 bits per heavy atom. The first-order valence-electron chi connectivity index (χ1n) is 7.15. The quantitative estimate of drug-likeness (QED) is 0.559. The lowest BCUT2D eigenvalue weighted by molar-refractivity contribution is -0.143. The summed E-state index contributed by atoms with van der Waals surface area (Å²) in [6.07, 6.45) is 2.66. The molecule has 5 heteroatoms. The highest BCUT2D eigenvalue weighted by Crippen LogP contribution is 2.29. The predicted octanol–water partition coefficient (Wildman–Crippen LogP) is 2.96. The second-order valence-corrected chi connectivity index (χ2v) is 4.52. The van der Waals surface area contributed by atoms with E-state index < -0.39 is 0 Å². The highest BCUT2D eigenvalue weighted by Gasteiger charge is 2.12. The summed E-state index contributed by atoms with van der Waals surface area (Å²) in [6, 6.07) is 7.13. The molecular formula is C16H21NO4. The summed E-state index contributed by atoms with van der Waals surface area (Å²) in [7, 11) is 0. The number of hydrogen-bond acceptors (Lipinski definition) is 5. The molecule has 1 rings (SSSR count). The summed E-state index contributed by atoms with van der Waals surface area (Å²) >= 11 is 0. The molecular weight excluding hydrogens is 270 g/mol. The monoisotopic (exact) mass is 291 g/mol. The Morgan fingerprint density at radius 1 is 1.38 bits per heavy atom. The first-order valence-corrected chi connectivity index (χ1v) is 7.15. The lowest BCUT2D eigenvalue weighted by atomic mass is 10.1. The number of carbonyl (C=O) groups excluding carboxylic acids is 1. The number of aromatic hydroxyl groups is 1. The van der Waals surface area contributed by atoms with E-state index in [1.54, 1.807) is 25.1 Å². The van der Waals surface area contributed by atoms with Crippen molar-refractivity contribution in [3.05, 3.63) is 23.8 Å². The minimum Gasteiger partial charge on any atom is -0.508 e. The highest BCUT2D eigenvalue weighted by molar-refractivity contribution is 5.70. The molecule has 0 aliphatic heterocycles. The average Bonchev–Trinajstić information content (AvgIpc) is 2.46. The second kappa shape index (κ2) is 9.65. The molecule has 1 aromatic rings. The molecule has 0 saturated carbocycles. The van der Waals surface area contributed by atoms with Crippen LogP contribution in [-0.4, -0.2) is 24.3 Å². The van der Waals surface area contributed by atoms with Gasteiger partial charge in [-0.1, -0.05) is 6.07 Å². The fraction of sp³-hybridized carbons (Fsp3) is 0.500. The smallest absolute Gasteiger partial charge is 0.306 e. The van der Waals surface area contributed by atoms with Crippen molar-refractivity contribution in [2.24, 2.45) is 0 Å². The van der Waals surface area contributed by atoms with Gasteiger partial charge in [-0.05, 0) is 38.3 Å². The van der Waals surface area contributed by atoms with E-state index in [4.69, 9.17) is 14.7 Å². The van der Waals surface area contributed by atoms with Crippen LogP contribution in [0, 0.1) is 11.3 Å². The van der Waals surface area contributed by atoms with Crippen LogP contribution in [0.2, 0.25) is 0 Å². The number of carbonyl (C=O) groups is 1. The van der Waals surface area contributed by atoms with Crippen molar-refractivity contribution >= 4 is 5.97 Å². The van der Waals surface area contributed by atoms with Gasteiger partial charge < -0.3 is 14.6 Å². The van der Waals surface area contributed by atoms with E-state index in [0.717, 1.165) is 12.8 Å². The van der Waals surface area contributed by atoms with E-state index in [1.165, 1.54) is 0 Å². The largest absolute Gasteiger partial charge is 0.508 e. The Bertz CT molecular complexity index is 494. The number of phenols is 1. The van der Waals surface area contributed by atoms with Crippen LogP contribution in [0.15, 0.2) is 18.2 Å². The Morgan fingerprint density at radius 2 is 2.19 bits per heavy atom. The molecule has 0 bridgehead atoms. The maximum atomic E-state index is 11.4. The third-order valence-electron chi connectivity index (χ3n) is 2.93. The van der Waals surface area contributed by atoms with Crippen LogP contribution in [0.25, 0.3) is 0 Å². The minimum atomic E-state index is -0.291. The van der Waals surface area contributed by atoms with E-state index in [0.29, 0.717) is 37.4 Å². The summed E-state index contributed by atoms with van der Waals surface area (Å²) < 4.78 is 10.5. The first-order chi connectivity index (χ1) is 10.2. The molecule has 0 aliphatic rings. The van der Waals surface area contributed by atoms with Crippen LogP contribution < -0.4 is 4.74 Å². The number of ether oxygens (including phenoxy) is 2. The summed E-state index contributed by atoms with van der Waals surface area (Å²) in [6.45, 7) is 2.59. The van der Waals surface area contributed by atoms with Crippen molar-refractivity contribution in [1.82, 2.24) is 0 Å². The van der Waals surface area contributed by atoms with E-state index >= 15 is 0 Å². The van der Waals surface area contributed by atoms with Gasteiger partial charge in [0.15, 0.2) is 0 Å². The molecule has 0 spiro atoms. The first kappa shape index (κ1) is 16.8. The Kier molecular flexibility index (Phi) is 7.73. The zero-order valence-electron chi connectivity index (χ0n) is 12.3. The fourth-order valence-electron chi connectivity index (χ4n) is 1.89. The second-order valence-electron chi connectivity index (χ2n) is 4.52. The molecule has 0 atom stereocenters. The zero-order valence-corrected chi connectivity index (χ0v) is 12.3. The number of nitriles is 1. The van der Waals surface area contributed by atoms with Crippen molar-refractivity contribution in [2.75, 3.05) is 13.2 Å². The van der Waals surface area contributed by atoms with Gasteiger partial charge in [0.25, 0.3) is 0 Å². The standard InChI is InChI=1S/C16H21NO4/c1-2-20-16(19)10-9-13-14(18)7-6-8-15(13)21-12-5-3-4-11-17/h6-8,18H,2-5,9-10,12H2,1H3. The molecule has 1 N–H and O–H groups in total. The summed E-state index contributed by atoms with van der Waals surface area (Å²) in [5.41, 5.74) is 0.617. The number of benzene rings is 1. The number of esters is 1. The Labute approximate surface area is 125 Å². The van der Waals surface area contributed by atoms with E-state index in [2.05, 4.69) is 6.07 Å². The molecule has 0 saturated heterocycles. The molecule has 0 amide bonds. The van der Waals surface area contributed by atoms with Crippen molar-refractivity contribution in [1.29, 1.82) is 5.26 Å². The van der Waals surface area contributed by atoms with E-state index in [9.17, 15) is 9.90 Å². The van der Waals surface area contributed by atoms with Gasteiger partial charge in [0.05, 0.1) is 19.3 Å². The lowest BCUT2D eigenvalue weighted by Crippen LogP contribution is -2.07. The molecule has 0 heterocycles. The number of hydrogen-bond donors (Lipinski definition) is 1. The topological polar surface area (TPSA) is 79.6 Å². The van der Waals surface area contributed by atoms with Crippen LogP contribution in [0.5, 0.6) is 11.5 Å². The lowest BCUT2D eigenvalue weighted by Gasteiger charge is -2.12. The van der Waals surface area contributed by atoms with Crippen LogP contribution >= 0.6 is 0 Å². The number of nitrogens with zero attached hydrogens (tertiary/aromatic N) is 1. The van der Waals surface area contributed by atoms with Gasteiger partial charge in [-0.25, -0.2) is 0 Å². The molecule has 0 fully saturated rings. The van der Waals surface area contributed by atoms with Gasteiger partial charge in [-0.2, -0.15) is 5.26 Å². The molecule has 0 radical (unpaired) electrons. The predicted molar refractivity (Wildman–Crippen MR) is 78.0 cm³/mol. The molecule has 1 aromatic carbocycles. The minimum absolute atomic E-state index is 0.119. The van der Waals surface area contributed by atoms with Gasteiger partial charge in [0, 0.05) is 18.4 Å². The van der Waals surface area contributed by atoms with Gasteiger partial charge in [0.1, 0.15) is 11.5 Å². The molecule has 5 nitrogen and oxygen atoms in total. The number of unbranched alkanes of at least 4 members (excludes halogenated alkanes) is 2. The summed E-state index contributed by atoms with van der Waals surface area (Å²) in [4.78, 5) is 11.4. The van der Waals surface area contributed by atoms with Crippen molar-refractivity contribution in [2.45, 2.75) is 39.0 Å². The number of phenolic OH excluding ortho intramolecular Hbond substituents is 1. The van der Waals surface area contributed by atoms with Crippen molar-refractivity contribution in [3.8, 4) is 17.6 Å². The van der Waals surface area contributed by atoms with Crippen LogP contribution in [0.1, 0.15) is 38.2 Å². The van der Waals surface area contributed by atoms with E-state index in [1.807, 2.05) is 0 Å². The van der Waals surface area contributed by atoms with E-state index in [-0.39, 0.29) is 18.1 Å². The highest BCUT2D eigenvalue weighted by atomic mass is 16.5. The van der Waals surface area contributed by atoms with Crippen LogP contribution in [-0.2, 0) is 16.0 Å². The van der Waals surface area contributed by atoms with Gasteiger partial charge in [-0.3, -0.25) is 4.79 Å². The Balaban J connectivity index is 2.57. The van der Waals surface area contributed by atoms with Gasteiger partial charge in [-0.15, -0.1) is 0 Å². The van der Waals surface area contributed by atoms with Gasteiger partial charge in [0.2, 0.25) is 0 Å². The normalized spacial score (nSPS) is 9.90. The fourth-order valence-corrected chi connectivity index (χ4v) is 1.89. The molecule has 0 unspecified atom stereocenters. The van der Waals surface area contributed by atoms with Crippen LogP contribution in [0.4, 0.5) is 0 Å².